The predicted octanol–water partition coefficient (Wildman–Crippen LogP) is 2.49. The van der Waals surface area contributed by atoms with Crippen molar-refractivity contribution in [1.29, 1.82) is 0 Å². The number of phenolic OH excluding ortho intramolecular Hbond substituents is 1. The van der Waals surface area contributed by atoms with Gasteiger partial charge in [-0.1, -0.05) is 35.9 Å². The number of aromatic hydroxyl groups is 1. The summed E-state index contributed by atoms with van der Waals surface area (Å²) in [6.45, 7) is 0.146. The van der Waals surface area contributed by atoms with Crippen molar-refractivity contribution in [3.8, 4) is 5.75 Å². The molecule has 0 heterocycles. The van der Waals surface area contributed by atoms with Crippen molar-refractivity contribution in [2.24, 2.45) is 0 Å². The molecule has 0 atom stereocenters. The molecule has 0 unspecified atom stereocenters. The molecule has 1 amide bonds. The third-order valence-corrected chi connectivity index (χ3v) is 3.55. The number of nitrogens with one attached hydrogen (secondary N) is 1. The number of hydrogen-bond acceptors (Lipinski definition) is 4. The van der Waals surface area contributed by atoms with E-state index in [0.29, 0.717) is 23.6 Å². The minimum absolute atomic E-state index is 0.0539. The largest absolute Gasteiger partial charge is 0.508 e. The van der Waals surface area contributed by atoms with Crippen LogP contribution in [0.2, 0.25) is 5.02 Å². The van der Waals surface area contributed by atoms with Gasteiger partial charge in [0.05, 0.1) is 6.42 Å². The zero-order valence-corrected chi connectivity index (χ0v) is 13.8. The van der Waals surface area contributed by atoms with Crippen LogP contribution in [-0.2, 0) is 27.2 Å². The van der Waals surface area contributed by atoms with E-state index in [1.807, 2.05) is 12.1 Å². The van der Waals surface area contributed by atoms with Crippen molar-refractivity contribution in [2.75, 3.05) is 13.2 Å². The third-order valence-electron chi connectivity index (χ3n) is 3.30. The van der Waals surface area contributed by atoms with Gasteiger partial charge >= 0.3 is 5.97 Å². The number of carbonyl (C=O) groups is 2. The summed E-state index contributed by atoms with van der Waals surface area (Å²) in [7, 11) is 0. The maximum atomic E-state index is 11.7. The Morgan fingerprint density at radius 1 is 1.00 bits per heavy atom. The molecule has 0 spiro atoms. The second kappa shape index (κ2) is 8.93. The van der Waals surface area contributed by atoms with E-state index in [4.69, 9.17) is 21.4 Å². The summed E-state index contributed by atoms with van der Waals surface area (Å²) in [4.78, 5) is 23.3. The van der Waals surface area contributed by atoms with Crippen LogP contribution in [-0.4, -0.2) is 30.1 Å². The Morgan fingerprint density at radius 3 is 2.29 bits per heavy atom. The van der Waals surface area contributed by atoms with Crippen LogP contribution in [0.25, 0.3) is 0 Å². The summed E-state index contributed by atoms with van der Waals surface area (Å²) < 4.78 is 4.93. The van der Waals surface area contributed by atoms with Gasteiger partial charge in [0.15, 0.2) is 6.61 Å². The first-order chi connectivity index (χ1) is 11.5. The predicted molar refractivity (Wildman–Crippen MR) is 90.9 cm³/mol. The molecule has 0 aliphatic rings. The fraction of sp³-hybridized carbons (Fsp3) is 0.222. The number of benzene rings is 2. The molecule has 0 saturated carbocycles. The second-order valence-corrected chi connectivity index (χ2v) is 5.67. The van der Waals surface area contributed by atoms with Crippen molar-refractivity contribution in [1.82, 2.24) is 5.32 Å². The summed E-state index contributed by atoms with van der Waals surface area (Å²) in [5.74, 6) is -0.705. The number of amides is 1. The minimum atomic E-state index is -0.492. The van der Waals surface area contributed by atoms with Crippen LogP contribution in [0.15, 0.2) is 48.5 Å². The van der Waals surface area contributed by atoms with Crippen molar-refractivity contribution in [3.63, 3.8) is 0 Å². The highest BCUT2D eigenvalue weighted by atomic mass is 35.5. The zero-order valence-electron chi connectivity index (χ0n) is 13.0. The summed E-state index contributed by atoms with van der Waals surface area (Å²) in [5, 5.41) is 12.5. The first kappa shape index (κ1) is 17.8. The van der Waals surface area contributed by atoms with Crippen molar-refractivity contribution >= 4 is 23.5 Å². The fourth-order valence-electron chi connectivity index (χ4n) is 2.03. The van der Waals surface area contributed by atoms with Crippen LogP contribution in [0.3, 0.4) is 0 Å². The highest BCUT2D eigenvalue weighted by molar-refractivity contribution is 6.30. The van der Waals surface area contributed by atoms with Gasteiger partial charge in [-0.15, -0.1) is 0 Å². The van der Waals surface area contributed by atoms with Crippen LogP contribution in [0, 0.1) is 0 Å². The number of hydrogen-bond donors (Lipinski definition) is 2. The highest BCUT2D eigenvalue weighted by Crippen LogP contribution is 2.11. The van der Waals surface area contributed by atoms with Crippen molar-refractivity contribution < 1.29 is 19.4 Å². The lowest BCUT2D eigenvalue weighted by Crippen LogP contribution is -2.30. The van der Waals surface area contributed by atoms with Crippen LogP contribution >= 0.6 is 11.6 Å². The number of esters is 1. The second-order valence-electron chi connectivity index (χ2n) is 5.23. The number of carbonyl (C=O) groups excluding carboxylic acids is 2. The van der Waals surface area contributed by atoms with Gasteiger partial charge in [0.25, 0.3) is 5.91 Å². The van der Waals surface area contributed by atoms with E-state index in [0.717, 1.165) is 5.56 Å². The molecule has 24 heavy (non-hydrogen) atoms. The molecule has 0 saturated heterocycles. The molecule has 5 nitrogen and oxygen atoms in total. The van der Waals surface area contributed by atoms with Crippen LogP contribution < -0.4 is 5.32 Å². The highest BCUT2D eigenvalue weighted by Gasteiger charge is 2.08. The lowest BCUT2D eigenvalue weighted by Gasteiger charge is -2.07. The normalized spacial score (nSPS) is 10.2. The minimum Gasteiger partial charge on any atom is -0.508 e. The Morgan fingerprint density at radius 2 is 1.62 bits per heavy atom. The van der Waals surface area contributed by atoms with Gasteiger partial charge in [-0.3, -0.25) is 9.59 Å². The molecule has 0 bridgehead atoms. The molecule has 2 N–H and O–H groups in total. The summed E-state index contributed by atoms with van der Waals surface area (Å²) >= 11 is 5.80. The average molecular weight is 348 g/mol. The summed E-state index contributed by atoms with van der Waals surface area (Å²) in [6, 6.07) is 13.6. The third kappa shape index (κ3) is 6.30. The SMILES string of the molecule is O=C(COC(=O)Cc1ccc(O)cc1)NCCc1ccc(Cl)cc1. The molecule has 2 aromatic rings. The Balaban J connectivity index is 1.64. The van der Waals surface area contributed by atoms with Gasteiger partial charge in [-0.2, -0.15) is 0 Å². The van der Waals surface area contributed by atoms with Crippen LogP contribution in [0.4, 0.5) is 0 Å². The van der Waals surface area contributed by atoms with E-state index in [-0.39, 0.29) is 24.7 Å². The Labute approximate surface area is 145 Å². The van der Waals surface area contributed by atoms with E-state index in [1.54, 1.807) is 24.3 Å². The summed E-state index contributed by atoms with van der Waals surface area (Å²) in [6.07, 6.45) is 0.725. The number of rotatable bonds is 7. The maximum Gasteiger partial charge on any atom is 0.310 e. The van der Waals surface area contributed by atoms with Gasteiger partial charge in [0.2, 0.25) is 0 Å². The quantitative estimate of drug-likeness (QED) is 0.754. The Kier molecular flexibility index (Phi) is 6.63. The van der Waals surface area contributed by atoms with E-state index in [2.05, 4.69) is 5.32 Å². The monoisotopic (exact) mass is 347 g/mol. The van der Waals surface area contributed by atoms with Gasteiger partial charge in [0, 0.05) is 11.6 Å². The zero-order chi connectivity index (χ0) is 17.4. The molecule has 0 aliphatic carbocycles. The molecule has 2 aromatic carbocycles. The van der Waals surface area contributed by atoms with Gasteiger partial charge in [0.1, 0.15) is 5.75 Å². The Bertz CT molecular complexity index is 683. The average Bonchev–Trinajstić information content (AvgIpc) is 2.57. The number of halogens is 1. The van der Waals surface area contributed by atoms with Crippen LogP contribution in [0.5, 0.6) is 5.75 Å². The molecular weight excluding hydrogens is 330 g/mol. The number of ether oxygens (including phenoxy) is 1. The number of phenols is 1. The molecule has 2 rings (SSSR count). The first-order valence-electron chi connectivity index (χ1n) is 7.47. The topological polar surface area (TPSA) is 75.6 Å². The van der Waals surface area contributed by atoms with Gasteiger partial charge in [-0.25, -0.2) is 0 Å². The van der Waals surface area contributed by atoms with E-state index in [1.165, 1.54) is 12.1 Å². The van der Waals surface area contributed by atoms with Crippen LogP contribution in [0.1, 0.15) is 11.1 Å². The first-order valence-corrected chi connectivity index (χ1v) is 7.85. The van der Waals surface area contributed by atoms with E-state index >= 15 is 0 Å². The molecular formula is C18H18ClNO4. The lowest BCUT2D eigenvalue weighted by atomic mass is 10.1. The van der Waals surface area contributed by atoms with Gasteiger partial charge in [-0.05, 0) is 41.8 Å². The molecule has 0 aliphatic heterocycles. The van der Waals surface area contributed by atoms with E-state index < -0.39 is 5.97 Å². The fourth-order valence-corrected chi connectivity index (χ4v) is 2.15. The standard InChI is InChI=1S/C18H18ClNO4/c19-15-5-1-13(2-6-15)9-10-20-17(22)12-24-18(23)11-14-3-7-16(21)8-4-14/h1-8,21H,9-12H2,(H,20,22). The van der Waals surface area contributed by atoms with Gasteiger partial charge < -0.3 is 15.2 Å². The Hall–Kier alpha value is -2.53. The molecule has 126 valence electrons. The molecule has 0 fully saturated rings. The molecule has 0 radical (unpaired) electrons. The summed E-state index contributed by atoms with van der Waals surface area (Å²) in [5.41, 5.74) is 1.77. The maximum absolute atomic E-state index is 11.7. The van der Waals surface area contributed by atoms with Crippen molar-refractivity contribution in [3.05, 3.63) is 64.7 Å². The molecule has 6 heteroatoms. The lowest BCUT2D eigenvalue weighted by molar-refractivity contribution is -0.147. The van der Waals surface area contributed by atoms with Crippen molar-refractivity contribution in [2.45, 2.75) is 12.8 Å². The van der Waals surface area contributed by atoms with E-state index in [9.17, 15) is 9.59 Å². The molecule has 0 aromatic heterocycles. The smallest absolute Gasteiger partial charge is 0.310 e.